The van der Waals surface area contributed by atoms with Crippen LogP contribution in [-0.2, 0) is 21.2 Å². The average molecular weight is 593 g/mol. The molecule has 4 aromatic rings. The Balaban J connectivity index is 1.45. The zero-order valence-electron chi connectivity index (χ0n) is 22.9. The number of nitrogens with zero attached hydrogens (tertiary/aromatic N) is 2. The molecular formula is C28H28N6O7S. The van der Waals surface area contributed by atoms with E-state index in [2.05, 4.69) is 30.2 Å². The molecular weight excluding hydrogens is 564 g/mol. The van der Waals surface area contributed by atoms with Crippen LogP contribution < -0.4 is 25.2 Å². The molecule has 1 aliphatic rings. The van der Waals surface area contributed by atoms with Gasteiger partial charge in [0, 0.05) is 29.8 Å². The number of methoxy groups -OCH3 is 2. The van der Waals surface area contributed by atoms with Gasteiger partial charge in [0.1, 0.15) is 22.1 Å². The van der Waals surface area contributed by atoms with Crippen molar-refractivity contribution in [3.8, 4) is 11.5 Å². The van der Waals surface area contributed by atoms with Crippen LogP contribution >= 0.6 is 0 Å². The standard InChI is InChI=1S/C28H28N6O7S/c1-29-42(38,39)25-12-23(40-2)21(11-24(25)41-3)33-34-22-14-28(37,13-16-6-4-5-7-18(16)22)15-26(35)30-17-8-9-19-20(10-17)32-27(36)31-19/h4-12,14,29,37H,13,15H2,1-3H3,(H,30,35)(H2,31,32,36). The van der Waals surface area contributed by atoms with Crippen LogP contribution in [-0.4, -0.2) is 56.3 Å². The number of fused-ring (bicyclic) bond motifs is 2. The number of H-pyrrole nitrogens is 2. The third-order valence-electron chi connectivity index (χ3n) is 6.75. The first-order valence-electron chi connectivity index (χ1n) is 12.7. The van der Waals surface area contributed by atoms with E-state index in [9.17, 15) is 23.1 Å². The van der Waals surface area contributed by atoms with Gasteiger partial charge in [-0.2, -0.15) is 5.11 Å². The molecule has 1 aromatic heterocycles. The number of aromatic amines is 2. The highest BCUT2D eigenvalue weighted by molar-refractivity contribution is 7.89. The van der Waals surface area contributed by atoms with Gasteiger partial charge in [-0.25, -0.2) is 17.9 Å². The Morgan fingerprint density at radius 2 is 1.76 bits per heavy atom. The van der Waals surface area contributed by atoms with Gasteiger partial charge in [0.25, 0.3) is 0 Å². The average Bonchev–Trinajstić information content (AvgIpc) is 3.34. The highest BCUT2D eigenvalue weighted by Crippen LogP contribution is 2.40. The predicted molar refractivity (Wildman–Crippen MR) is 156 cm³/mol. The van der Waals surface area contributed by atoms with E-state index < -0.39 is 21.5 Å². The number of hydrogen-bond acceptors (Lipinski definition) is 9. The summed E-state index contributed by atoms with van der Waals surface area (Å²) < 4.78 is 37.8. The number of aliphatic hydroxyl groups is 1. The molecule has 1 atom stereocenters. The minimum atomic E-state index is -3.85. The number of aromatic nitrogens is 2. The van der Waals surface area contributed by atoms with E-state index in [-0.39, 0.29) is 40.6 Å². The minimum Gasteiger partial charge on any atom is -0.495 e. The van der Waals surface area contributed by atoms with Crippen LogP contribution in [0.5, 0.6) is 11.5 Å². The van der Waals surface area contributed by atoms with Crippen molar-refractivity contribution in [2.45, 2.75) is 23.3 Å². The van der Waals surface area contributed by atoms with E-state index in [0.29, 0.717) is 28.0 Å². The van der Waals surface area contributed by atoms with Crippen LogP contribution in [0.25, 0.3) is 16.7 Å². The lowest BCUT2D eigenvalue weighted by molar-refractivity contribution is -0.119. The van der Waals surface area contributed by atoms with Gasteiger partial charge < -0.3 is 29.9 Å². The Kier molecular flexibility index (Phi) is 7.69. The summed E-state index contributed by atoms with van der Waals surface area (Å²) in [7, 11) is 0.133. The largest absolute Gasteiger partial charge is 0.495 e. The number of azo groups is 1. The maximum Gasteiger partial charge on any atom is 0.323 e. The number of benzene rings is 3. The molecule has 0 spiro atoms. The van der Waals surface area contributed by atoms with Gasteiger partial charge in [-0.15, -0.1) is 5.11 Å². The molecule has 0 aliphatic heterocycles. The van der Waals surface area contributed by atoms with Crippen LogP contribution in [0, 0.1) is 0 Å². The van der Waals surface area contributed by atoms with Gasteiger partial charge >= 0.3 is 5.69 Å². The Morgan fingerprint density at radius 3 is 2.50 bits per heavy atom. The second-order valence-electron chi connectivity index (χ2n) is 9.61. The van der Waals surface area contributed by atoms with Crippen LogP contribution in [0.15, 0.2) is 80.6 Å². The van der Waals surface area contributed by atoms with Gasteiger partial charge in [0.15, 0.2) is 0 Å². The first kappa shape index (κ1) is 28.7. The number of amides is 1. The van der Waals surface area contributed by atoms with Crippen LogP contribution in [0.4, 0.5) is 11.4 Å². The van der Waals surface area contributed by atoms with E-state index in [0.717, 1.165) is 5.56 Å². The maximum atomic E-state index is 13.0. The molecule has 3 aromatic carbocycles. The summed E-state index contributed by atoms with van der Waals surface area (Å²) in [4.78, 5) is 29.7. The summed E-state index contributed by atoms with van der Waals surface area (Å²) in [5.41, 5.74) is 1.62. The van der Waals surface area contributed by atoms with Crippen molar-refractivity contribution in [3.63, 3.8) is 0 Å². The zero-order valence-corrected chi connectivity index (χ0v) is 23.7. The van der Waals surface area contributed by atoms with Gasteiger partial charge in [-0.3, -0.25) is 4.79 Å². The number of imidazole rings is 1. The van der Waals surface area contributed by atoms with E-state index in [4.69, 9.17) is 9.47 Å². The normalized spacial score (nSPS) is 16.7. The highest BCUT2D eigenvalue weighted by Gasteiger charge is 2.34. The quantitative estimate of drug-likeness (QED) is 0.185. The highest BCUT2D eigenvalue weighted by atomic mass is 32.2. The molecule has 5 N–H and O–H groups in total. The topological polar surface area (TPSA) is 187 Å². The molecule has 1 aliphatic carbocycles. The number of hydrogen-bond donors (Lipinski definition) is 5. The summed E-state index contributed by atoms with van der Waals surface area (Å²) in [5.74, 6) is -0.282. The van der Waals surface area contributed by atoms with Crippen molar-refractivity contribution >= 4 is 44.0 Å². The first-order chi connectivity index (χ1) is 20.0. The Hall–Kier alpha value is -4.79. The fourth-order valence-corrected chi connectivity index (χ4v) is 5.68. The number of anilines is 1. The summed E-state index contributed by atoms with van der Waals surface area (Å²) in [6.45, 7) is 0. The smallest absolute Gasteiger partial charge is 0.323 e. The Bertz CT molecular complexity index is 1910. The Labute approximate surface area is 240 Å². The third kappa shape index (κ3) is 5.81. The molecule has 0 fully saturated rings. The lowest BCUT2D eigenvalue weighted by atomic mass is 9.82. The first-order valence-corrected chi connectivity index (χ1v) is 14.2. The van der Waals surface area contributed by atoms with E-state index in [1.807, 2.05) is 24.3 Å². The number of carbonyl (C=O) groups is 1. The third-order valence-corrected chi connectivity index (χ3v) is 8.19. The summed E-state index contributed by atoms with van der Waals surface area (Å²) in [6, 6.07) is 14.9. The lowest BCUT2D eigenvalue weighted by Gasteiger charge is -2.30. The Morgan fingerprint density at radius 1 is 1.02 bits per heavy atom. The van der Waals surface area contributed by atoms with Gasteiger partial charge in [-0.05, 0) is 36.9 Å². The van der Waals surface area contributed by atoms with E-state index in [1.165, 1.54) is 39.5 Å². The molecule has 0 bridgehead atoms. The molecule has 0 saturated heterocycles. The number of ether oxygens (including phenoxy) is 2. The molecule has 42 heavy (non-hydrogen) atoms. The van der Waals surface area contributed by atoms with Gasteiger partial charge in [0.2, 0.25) is 15.9 Å². The number of carbonyl (C=O) groups excluding carboxylic acids is 1. The minimum absolute atomic E-state index is 0.0344. The van der Waals surface area contributed by atoms with E-state index in [1.54, 1.807) is 18.2 Å². The van der Waals surface area contributed by atoms with Crippen molar-refractivity contribution in [2.75, 3.05) is 26.6 Å². The van der Waals surface area contributed by atoms with Crippen molar-refractivity contribution < 1.29 is 27.8 Å². The molecule has 5 rings (SSSR count). The second-order valence-corrected chi connectivity index (χ2v) is 11.5. The molecule has 14 heteroatoms. The maximum absolute atomic E-state index is 13.0. The lowest BCUT2D eigenvalue weighted by Crippen LogP contribution is -2.36. The number of nitrogens with one attached hydrogen (secondary N) is 4. The SMILES string of the molecule is CNS(=O)(=O)c1cc(OC)c(N=NC2=CC(O)(CC(=O)Nc3ccc4[nH]c(=O)[nH]c4c3)Cc3ccccc32)cc1OC. The fourth-order valence-electron chi connectivity index (χ4n) is 4.79. The second kappa shape index (κ2) is 11.2. The van der Waals surface area contributed by atoms with Crippen molar-refractivity contribution in [1.29, 1.82) is 0 Å². The fraction of sp³-hybridized carbons (Fsp3) is 0.214. The monoisotopic (exact) mass is 592 g/mol. The number of sulfonamides is 1. The molecule has 1 heterocycles. The van der Waals surface area contributed by atoms with E-state index >= 15 is 0 Å². The summed E-state index contributed by atoms with van der Waals surface area (Å²) >= 11 is 0. The summed E-state index contributed by atoms with van der Waals surface area (Å²) in [6.07, 6.45) is 1.36. The predicted octanol–water partition coefficient (Wildman–Crippen LogP) is 3.22. The van der Waals surface area contributed by atoms with Crippen molar-refractivity contribution in [1.82, 2.24) is 14.7 Å². The van der Waals surface area contributed by atoms with Crippen molar-refractivity contribution in [3.05, 3.63) is 82.3 Å². The molecule has 1 unspecified atom stereocenters. The zero-order chi connectivity index (χ0) is 30.1. The van der Waals surface area contributed by atoms with Gasteiger partial charge in [0.05, 0.1) is 43.0 Å². The molecule has 1 amide bonds. The molecule has 0 radical (unpaired) electrons. The van der Waals surface area contributed by atoms with Crippen LogP contribution in [0.2, 0.25) is 0 Å². The molecule has 218 valence electrons. The van der Waals surface area contributed by atoms with Crippen LogP contribution in [0.1, 0.15) is 17.5 Å². The van der Waals surface area contributed by atoms with Crippen LogP contribution in [0.3, 0.4) is 0 Å². The van der Waals surface area contributed by atoms with Gasteiger partial charge in [-0.1, -0.05) is 24.3 Å². The molecule has 0 saturated carbocycles. The number of rotatable bonds is 9. The van der Waals surface area contributed by atoms with Crippen molar-refractivity contribution in [2.24, 2.45) is 10.2 Å². The molecule has 13 nitrogen and oxygen atoms in total. The summed E-state index contributed by atoms with van der Waals surface area (Å²) in [5, 5.41) is 23.0.